The lowest BCUT2D eigenvalue weighted by Gasteiger charge is -2.23. The quantitative estimate of drug-likeness (QED) is 0.226. The number of aromatic hydroxyl groups is 2. The Kier molecular flexibility index (Phi) is 5.52. The number of hydrogen-bond acceptors (Lipinski definition) is 10. The molecule has 0 radical (unpaired) electrons. The summed E-state index contributed by atoms with van der Waals surface area (Å²) in [5.41, 5.74) is 1.70. The maximum absolute atomic E-state index is 13.9. The van der Waals surface area contributed by atoms with Gasteiger partial charge in [0.15, 0.2) is 20.2 Å². The van der Waals surface area contributed by atoms with E-state index >= 15 is 0 Å². The van der Waals surface area contributed by atoms with Crippen molar-refractivity contribution in [3.8, 4) is 11.5 Å². The zero-order valence-corrected chi connectivity index (χ0v) is 22.4. The number of phenolic OH excluding ortho intramolecular Hbond substituents is 2. The van der Waals surface area contributed by atoms with Gasteiger partial charge >= 0.3 is 0 Å². The standard InChI is InChI=1S/C28H14N2O4S4/c31-15-9-11-19(37-27-29-13-5-1-3-7-17(13)35-27)23-21(15)26(34)24-20(12-10-16(32)22(24)25(23)33)38-28-30-14-6-2-4-8-18(14)36-28/h1-12,31-32H. The molecule has 0 saturated heterocycles. The molecule has 7 rings (SSSR count). The average Bonchev–Trinajstić information content (AvgIpc) is 3.52. The van der Waals surface area contributed by atoms with Gasteiger partial charge in [0.25, 0.3) is 0 Å². The van der Waals surface area contributed by atoms with Crippen molar-refractivity contribution in [3.63, 3.8) is 0 Å². The lowest BCUT2D eigenvalue weighted by Crippen LogP contribution is -2.23. The van der Waals surface area contributed by atoms with E-state index in [1.54, 1.807) is 12.1 Å². The van der Waals surface area contributed by atoms with Crippen LogP contribution in [-0.4, -0.2) is 31.7 Å². The Morgan fingerprint density at radius 3 is 1.39 bits per heavy atom. The van der Waals surface area contributed by atoms with Crippen molar-refractivity contribution in [1.29, 1.82) is 0 Å². The molecule has 184 valence electrons. The molecule has 1 aliphatic carbocycles. The molecule has 0 aliphatic heterocycles. The van der Waals surface area contributed by atoms with Crippen LogP contribution in [0.15, 0.2) is 91.3 Å². The third kappa shape index (κ3) is 3.71. The molecule has 2 N–H and O–H groups in total. The predicted molar refractivity (Wildman–Crippen MR) is 151 cm³/mol. The second-order valence-electron chi connectivity index (χ2n) is 8.42. The fraction of sp³-hybridized carbons (Fsp3) is 0. The minimum Gasteiger partial charge on any atom is -0.507 e. The number of benzene rings is 4. The Labute approximate surface area is 232 Å². The molecule has 0 unspecified atom stereocenters. The molecule has 0 amide bonds. The molecular formula is C28H14N2O4S4. The molecule has 6 nitrogen and oxygen atoms in total. The lowest BCUT2D eigenvalue weighted by molar-refractivity contribution is 0.0969. The van der Waals surface area contributed by atoms with Gasteiger partial charge in [-0.15, -0.1) is 22.7 Å². The van der Waals surface area contributed by atoms with Crippen LogP contribution >= 0.6 is 46.2 Å². The summed E-state index contributed by atoms with van der Waals surface area (Å²) in [7, 11) is 0. The SMILES string of the molecule is O=C1c2c(O)ccc(Sc3nc4ccccc4s3)c2C(=O)c2c(O)ccc(Sc3nc4ccccc4s3)c21. The van der Waals surface area contributed by atoms with E-state index in [0.29, 0.717) is 18.5 Å². The number of carbonyl (C=O) groups excluding carboxylic acids is 2. The highest BCUT2D eigenvalue weighted by atomic mass is 32.2. The summed E-state index contributed by atoms with van der Waals surface area (Å²) in [6.07, 6.45) is 0. The molecule has 2 aromatic heterocycles. The van der Waals surface area contributed by atoms with Gasteiger partial charge in [-0.3, -0.25) is 9.59 Å². The molecular weight excluding hydrogens is 557 g/mol. The third-order valence-corrected chi connectivity index (χ3v) is 10.5. The summed E-state index contributed by atoms with van der Waals surface area (Å²) >= 11 is 5.48. The van der Waals surface area contributed by atoms with Gasteiger partial charge < -0.3 is 10.2 Å². The predicted octanol–water partition coefficient (Wildman–Crippen LogP) is 7.40. The van der Waals surface area contributed by atoms with E-state index in [4.69, 9.17) is 0 Å². The van der Waals surface area contributed by atoms with Crippen LogP contribution in [0.4, 0.5) is 0 Å². The Balaban J connectivity index is 1.34. The number of para-hydroxylation sites is 2. The second kappa shape index (κ2) is 8.95. The van der Waals surface area contributed by atoms with E-state index in [9.17, 15) is 19.8 Å². The number of rotatable bonds is 4. The number of aromatic nitrogens is 2. The van der Waals surface area contributed by atoms with Crippen LogP contribution in [0.5, 0.6) is 11.5 Å². The fourth-order valence-corrected chi connectivity index (χ4v) is 8.79. The number of carbonyl (C=O) groups is 2. The highest BCUT2D eigenvalue weighted by molar-refractivity contribution is 8.01. The first-order valence-electron chi connectivity index (χ1n) is 11.4. The summed E-state index contributed by atoms with van der Waals surface area (Å²) in [5, 5.41) is 21.5. The van der Waals surface area contributed by atoms with Crippen LogP contribution in [-0.2, 0) is 0 Å². The smallest absolute Gasteiger partial charge is 0.199 e. The highest BCUT2D eigenvalue weighted by Crippen LogP contribution is 2.47. The molecule has 2 heterocycles. The summed E-state index contributed by atoms with van der Waals surface area (Å²) in [4.78, 5) is 38.0. The number of hydrogen-bond donors (Lipinski definition) is 2. The van der Waals surface area contributed by atoms with Crippen LogP contribution in [0.2, 0.25) is 0 Å². The van der Waals surface area contributed by atoms with Gasteiger partial charge in [0.1, 0.15) is 11.5 Å². The monoisotopic (exact) mass is 570 g/mol. The molecule has 0 spiro atoms. The van der Waals surface area contributed by atoms with Crippen LogP contribution in [0.3, 0.4) is 0 Å². The van der Waals surface area contributed by atoms with E-state index in [2.05, 4.69) is 9.97 Å². The van der Waals surface area contributed by atoms with Gasteiger partial charge in [0, 0.05) is 9.79 Å². The minimum atomic E-state index is -0.515. The summed E-state index contributed by atoms with van der Waals surface area (Å²) in [5.74, 6) is -1.59. The van der Waals surface area contributed by atoms with E-state index in [1.807, 2.05) is 48.5 Å². The van der Waals surface area contributed by atoms with Gasteiger partial charge in [-0.1, -0.05) is 47.8 Å². The van der Waals surface area contributed by atoms with E-state index < -0.39 is 11.6 Å². The van der Waals surface area contributed by atoms with Crippen molar-refractivity contribution >= 4 is 78.2 Å². The molecule has 0 saturated carbocycles. The third-order valence-electron chi connectivity index (χ3n) is 6.14. The molecule has 0 atom stereocenters. The number of phenols is 2. The summed E-state index contributed by atoms with van der Waals surface area (Å²) in [6.45, 7) is 0. The van der Waals surface area contributed by atoms with Gasteiger partial charge in [0.05, 0.1) is 42.7 Å². The minimum absolute atomic E-state index is 0.0645. The maximum Gasteiger partial charge on any atom is 0.199 e. The Hall–Kier alpha value is -3.70. The average molecular weight is 571 g/mol. The van der Waals surface area contributed by atoms with E-state index in [0.717, 1.165) is 20.4 Å². The maximum atomic E-state index is 13.9. The Morgan fingerprint density at radius 2 is 0.974 bits per heavy atom. The van der Waals surface area contributed by atoms with Crippen LogP contribution < -0.4 is 0 Å². The second-order valence-corrected chi connectivity index (χ2v) is 13.1. The fourth-order valence-electron chi connectivity index (χ4n) is 4.45. The molecule has 4 aromatic carbocycles. The number of ketones is 2. The van der Waals surface area contributed by atoms with E-state index in [-0.39, 0.29) is 33.8 Å². The van der Waals surface area contributed by atoms with Crippen molar-refractivity contribution in [1.82, 2.24) is 9.97 Å². The van der Waals surface area contributed by atoms with Gasteiger partial charge in [-0.05, 0) is 48.5 Å². The molecule has 6 aromatic rings. The van der Waals surface area contributed by atoms with Crippen LogP contribution in [0, 0.1) is 0 Å². The Bertz CT molecular complexity index is 1750. The zero-order valence-electron chi connectivity index (χ0n) is 19.2. The van der Waals surface area contributed by atoms with Crippen molar-refractivity contribution in [3.05, 3.63) is 95.1 Å². The van der Waals surface area contributed by atoms with Crippen molar-refractivity contribution in [2.45, 2.75) is 18.5 Å². The highest BCUT2D eigenvalue weighted by Gasteiger charge is 2.38. The van der Waals surface area contributed by atoms with E-state index in [1.165, 1.54) is 58.3 Å². The first kappa shape index (κ1) is 23.4. The topological polar surface area (TPSA) is 100 Å². The largest absolute Gasteiger partial charge is 0.507 e. The van der Waals surface area contributed by atoms with Gasteiger partial charge in [-0.25, -0.2) is 9.97 Å². The van der Waals surface area contributed by atoms with Gasteiger partial charge in [0.2, 0.25) is 0 Å². The zero-order chi connectivity index (χ0) is 26.0. The van der Waals surface area contributed by atoms with Crippen molar-refractivity contribution < 1.29 is 19.8 Å². The molecule has 10 heteroatoms. The van der Waals surface area contributed by atoms with Crippen LogP contribution in [0.1, 0.15) is 31.8 Å². The number of nitrogens with zero attached hydrogens (tertiary/aromatic N) is 2. The Morgan fingerprint density at radius 1 is 0.553 bits per heavy atom. The van der Waals surface area contributed by atoms with Crippen LogP contribution in [0.25, 0.3) is 20.4 Å². The lowest BCUT2D eigenvalue weighted by atomic mass is 9.83. The molecule has 0 bridgehead atoms. The molecule has 0 fully saturated rings. The van der Waals surface area contributed by atoms with Crippen molar-refractivity contribution in [2.75, 3.05) is 0 Å². The number of thiazole rings is 2. The molecule has 38 heavy (non-hydrogen) atoms. The summed E-state index contributed by atoms with van der Waals surface area (Å²) < 4.78 is 3.41. The number of fused-ring (bicyclic) bond motifs is 4. The summed E-state index contributed by atoms with van der Waals surface area (Å²) in [6, 6.07) is 21.5. The van der Waals surface area contributed by atoms with Crippen molar-refractivity contribution in [2.24, 2.45) is 0 Å². The first-order chi connectivity index (χ1) is 18.5. The first-order valence-corrected chi connectivity index (χ1v) is 14.6. The van der Waals surface area contributed by atoms with Gasteiger partial charge in [-0.2, -0.15) is 0 Å². The normalized spacial score (nSPS) is 12.7. The molecule has 1 aliphatic rings.